The van der Waals surface area contributed by atoms with Crippen molar-refractivity contribution in [2.24, 2.45) is 5.41 Å². The van der Waals surface area contributed by atoms with Gasteiger partial charge in [0.15, 0.2) is 0 Å². The van der Waals surface area contributed by atoms with Gasteiger partial charge in [0.25, 0.3) is 0 Å². The number of likely N-dealkylation sites (tertiary alicyclic amines) is 1. The summed E-state index contributed by atoms with van der Waals surface area (Å²) in [5.74, 6) is 0. The van der Waals surface area contributed by atoms with Crippen LogP contribution in [0.25, 0.3) is 0 Å². The minimum Gasteiger partial charge on any atom is -0.377 e. The lowest BCUT2D eigenvalue weighted by Crippen LogP contribution is -2.34. The predicted molar refractivity (Wildman–Crippen MR) is 64.2 cm³/mol. The van der Waals surface area contributed by atoms with Crippen molar-refractivity contribution in [1.29, 1.82) is 0 Å². The van der Waals surface area contributed by atoms with E-state index in [1.807, 2.05) is 7.05 Å². The molecule has 0 aliphatic carbocycles. The van der Waals surface area contributed by atoms with Crippen LogP contribution in [0.15, 0.2) is 0 Å². The number of ether oxygens (including phenoxy) is 1. The van der Waals surface area contributed by atoms with Gasteiger partial charge in [-0.2, -0.15) is 0 Å². The molecule has 1 saturated heterocycles. The average molecular weight is 214 g/mol. The molecule has 0 aromatic rings. The smallest absolute Gasteiger partial charge is 0.0596 e. The van der Waals surface area contributed by atoms with Crippen LogP contribution in [0.1, 0.15) is 27.2 Å². The van der Waals surface area contributed by atoms with Crippen molar-refractivity contribution in [3.8, 4) is 0 Å². The molecule has 1 aliphatic heterocycles. The molecule has 1 atom stereocenters. The second kappa shape index (κ2) is 5.83. The lowest BCUT2D eigenvalue weighted by molar-refractivity contribution is 0.0616. The third-order valence-electron chi connectivity index (χ3n) is 3.10. The molecule has 0 spiro atoms. The van der Waals surface area contributed by atoms with Crippen molar-refractivity contribution >= 4 is 0 Å². The number of hydrogen-bond donors (Lipinski definition) is 1. The van der Waals surface area contributed by atoms with Crippen molar-refractivity contribution in [3.63, 3.8) is 0 Å². The summed E-state index contributed by atoms with van der Waals surface area (Å²) < 4.78 is 5.57. The molecule has 1 unspecified atom stereocenters. The van der Waals surface area contributed by atoms with E-state index in [-0.39, 0.29) is 0 Å². The highest BCUT2D eigenvalue weighted by Crippen LogP contribution is 2.28. The minimum atomic E-state index is 0.358. The largest absolute Gasteiger partial charge is 0.377 e. The fourth-order valence-electron chi connectivity index (χ4n) is 2.31. The summed E-state index contributed by atoms with van der Waals surface area (Å²) in [6.45, 7) is 12.0. The second-order valence-electron chi connectivity index (χ2n) is 5.29. The van der Waals surface area contributed by atoms with Crippen LogP contribution in [-0.4, -0.2) is 50.8 Å². The third kappa shape index (κ3) is 4.49. The molecule has 1 heterocycles. The lowest BCUT2D eigenvalue weighted by atomic mass is 9.90. The van der Waals surface area contributed by atoms with Gasteiger partial charge < -0.3 is 15.0 Å². The number of nitrogens with one attached hydrogen (secondary N) is 1. The van der Waals surface area contributed by atoms with E-state index in [4.69, 9.17) is 4.74 Å². The first kappa shape index (κ1) is 12.9. The average Bonchev–Trinajstić information content (AvgIpc) is 2.47. The molecule has 3 nitrogen and oxygen atoms in total. The van der Waals surface area contributed by atoms with Crippen LogP contribution in [-0.2, 0) is 4.74 Å². The summed E-state index contributed by atoms with van der Waals surface area (Å²) >= 11 is 0. The van der Waals surface area contributed by atoms with E-state index in [0.717, 1.165) is 19.7 Å². The molecule has 90 valence electrons. The Morgan fingerprint density at radius 1 is 1.47 bits per heavy atom. The molecule has 0 amide bonds. The summed E-state index contributed by atoms with van der Waals surface area (Å²) in [4.78, 5) is 2.51. The topological polar surface area (TPSA) is 24.5 Å². The van der Waals surface area contributed by atoms with Gasteiger partial charge in [0, 0.05) is 19.6 Å². The Balaban J connectivity index is 2.18. The first-order valence-corrected chi connectivity index (χ1v) is 6.04. The molecule has 1 fully saturated rings. The van der Waals surface area contributed by atoms with E-state index in [0.29, 0.717) is 11.5 Å². The summed E-state index contributed by atoms with van der Waals surface area (Å²) in [5.41, 5.74) is 0.465. The van der Waals surface area contributed by atoms with E-state index >= 15 is 0 Å². The van der Waals surface area contributed by atoms with Gasteiger partial charge in [0.2, 0.25) is 0 Å². The van der Waals surface area contributed by atoms with Gasteiger partial charge in [-0.25, -0.2) is 0 Å². The monoisotopic (exact) mass is 214 g/mol. The first-order valence-electron chi connectivity index (χ1n) is 6.04. The van der Waals surface area contributed by atoms with E-state index in [9.17, 15) is 0 Å². The lowest BCUT2D eigenvalue weighted by Gasteiger charge is -2.24. The van der Waals surface area contributed by atoms with Gasteiger partial charge in [-0.1, -0.05) is 6.92 Å². The van der Waals surface area contributed by atoms with Crippen LogP contribution in [0, 0.1) is 5.41 Å². The summed E-state index contributed by atoms with van der Waals surface area (Å²) in [6, 6.07) is 0. The van der Waals surface area contributed by atoms with E-state index in [1.165, 1.54) is 19.5 Å². The van der Waals surface area contributed by atoms with Gasteiger partial charge in [-0.3, -0.25) is 0 Å². The molecule has 0 bridgehead atoms. The SMILES string of the molecule is CNCC1(C)CCN(CCOC(C)C)C1. The van der Waals surface area contributed by atoms with Crippen LogP contribution < -0.4 is 5.32 Å². The molecule has 3 heteroatoms. The highest BCUT2D eigenvalue weighted by Gasteiger charge is 2.32. The Bertz CT molecular complexity index is 184. The van der Waals surface area contributed by atoms with Gasteiger partial charge in [0.05, 0.1) is 12.7 Å². The molecular weight excluding hydrogens is 188 g/mol. The highest BCUT2D eigenvalue weighted by molar-refractivity contribution is 4.87. The summed E-state index contributed by atoms with van der Waals surface area (Å²) in [6.07, 6.45) is 1.66. The van der Waals surface area contributed by atoms with E-state index < -0.39 is 0 Å². The van der Waals surface area contributed by atoms with Crippen LogP contribution in [0.5, 0.6) is 0 Å². The maximum atomic E-state index is 5.57. The quantitative estimate of drug-likeness (QED) is 0.722. The molecule has 15 heavy (non-hydrogen) atoms. The van der Waals surface area contributed by atoms with Gasteiger partial charge in [0.1, 0.15) is 0 Å². The third-order valence-corrected chi connectivity index (χ3v) is 3.10. The number of nitrogens with zero attached hydrogens (tertiary/aromatic N) is 1. The first-order chi connectivity index (χ1) is 7.06. The second-order valence-corrected chi connectivity index (χ2v) is 5.29. The van der Waals surface area contributed by atoms with Gasteiger partial charge >= 0.3 is 0 Å². The fourth-order valence-corrected chi connectivity index (χ4v) is 2.31. The predicted octanol–water partition coefficient (Wildman–Crippen LogP) is 1.34. The molecule has 0 radical (unpaired) electrons. The molecule has 0 aromatic carbocycles. The van der Waals surface area contributed by atoms with Gasteiger partial charge in [-0.15, -0.1) is 0 Å². The van der Waals surface area contributed by atoms with Gasteiger partial charge in [-0.05, 0) is 39.3 Å². The van der Waals surface area contributed by atoms with E-state index in [2.05, 4.69) is 31.0 Å². The normalized spacial score (nSPS) is 27.8. The Labute approximate surface area is 94.2 Å². The minimum absolute atomic E-state index is 0.358. The van der Waals surface area contributed by atoms with Crippen molar-refractivity contribution in [2.75, 3.05) is 39.8 Å². The fraction of sp³-hybridized carbons (Fsp3) is 1.00. The zero-order chi connectivity index (χ0) is 11.3. The molecule has 1 N–H and O–H groups in total. The van der Waals surface area contributed by atoms with Crippen LogP contribution in [0.3, 0.4) is 0 Å². The number of hydrogen-bond acceptors (Lipinski definition) is 3. The maximum Gasteiger partial charge on any atom is 0.0596 e. The Hall–Kier alpha value is -0.120. The van der Waals surface area contributed by atoms with E-state index in [1.54, 1.807) is 0 Å². The highest BCUT2D eigenvalue weighted by atomic mass is 16.5. The standard InChI is InChI=1S/C12H26N2O/c1-11(2)15-8-7-14-6-5-12(3,10-14)9-13-4/h11,13H,5-10H2,1-4H3. The molecule has 0 saturated carbocycles. The zero-order valence-electron chi connectivity index (χ0n) is 10.7. The van der Waals surface area contributed by atoms with Crippen LogP contribution in [0.4, 0.5) is 0 Å². The Morgan fingerprint density at radius 2 is 2.20 bits per heavy atom. The maximum absolute atomic E-state index is 5.57. The van der Waals surface area contributed by atoms with Crippen LogP contribution >= 0.6 is 0 Å². The number of rotatable bonds is 6. The molecule has 1 rings (SSSR count). The molecule has 1 aliphatic rings. The van der Waals surface area contributed by atoms with Crippen molar-refractivity contribution < 1.29 is 4.74 Å². The Morgan fingerprint density at radius 3 is 2.80 bits per heavy atom. The van der Waals surface area contributed by atoms with Crippen molar-refractivity contribution in [2.45, 2.75) is 33.3 Å². The van der Waals surface area contributed by atoms with Crippen molar-refractivity contribution in [3.05, 3.63) is 0 Å². The van der Waals surface area contributed by atoms with Crippen LogP contribution in [0.2, 0.25) is 0 Å². The molecule has 0 aromatic heterocycles. The zero-order valence-corrected chi connectivity index (χ0v) is 10.7. The van der Waals surface area contributed by atoms with Crippen molar-refractivity contribution in [1.82, 2.24) is 10.2 Å². The Kier molecular flexibility index (Phi) is 5.03. The summed E-state index contributed by atoms with van der Waals surface area (Å²) in [5, 5.41) is 3.29. The summed E-state index contributed by atoms with van der Waals surface area (Å²) in [7, 11) is 2.04. The molecular formula is C12H26N2O.